The van der Waals surface area contributed by atoms with Gasteiger partial charge in [-0.05, 0) is 23.3 Å². The van der Waals surface area contributed by atoms with Gasteiger partial charge in [0.05, 0.1) is 18.4 Å². The SMILES string of the molecule is CCC(=O)N(CCOC)CC(=O)N1N=C(c2ccc(F)cc2)C[C@@H]1c1ccccc1. The van der Waals surface area contributed by atoms with Crippen LogP contribution in [0, 0.1) is 5.82 Å². The molecule has 1 aliphatic heterocycles. The average Bonchev–Trinajstić information content (AvgIpc) is 3.22. The Morgan fingerprint density at radius 3 is 2.50 bits per heavy atom. The molecule has 6 nitrogen and oxygen atoms in total. The molecule has 0 fully saturated rings. The Labute approximate surface area is 175 Å². The number of nitrogens with zero attached hydrogens (tertiary/aromatic N) is 3. The third-order valence-electron chi connectivity index (χ3n) is 5.07. The van der Waals surface area contributed by atoms with Crippen molar-refractivity contribution >= 4 is 17.5 Å². The molecule has 7 heteroatoms. The summed E-state index contributed by atoms with van der Waals surface area (Å²) in [4.78, 5) is 26.9. The lowest BCUT2D eigenvalue weighted by molar-refractivity contribution is -0.141. The van der Waals surface area contributed by atoms with Crippen molar-refractivity contribution in [3.05, 3.63) is 71.5 Å². The van der Waals surface area contributed by atoms with Gasteiger partial charge >= 0.3 is 0 Å². The van der Waals surface area contributed by atoms with Crippen molar-refractivity contribution in [3.8, 4) is 0 Å². The van der Waals surface area contributed by atoms with Crippen LogP contribution in [0.4, 0.5) is 4.39 Å². The van der Waals surface area contributed by atoms with Gasteiger partial charge in [-0.1, -0.05) is 49.4 Å². The maximum Gasteiger partial charge on any atom is 0.262 e. The number of carbonyl (C=O) groups excluding carboxylic acids is 2. The zero-order chi connectivity index (χ0) is 21.5. The summed E-state index contributed by atoms with van der Waals surface area (Å²) in [6, 6.07) is 15.5. The molecule has 30 heavy (non-hydrogen) atoms. The van der Waals surface area contributed by atoms with Crippen LogP contribution in [0.3, 0.4) is 0 Å². The van der Waals surface area contributed by atoms with Gasteiger partial charge < -0.3 is 9.64 Å². The first-order chi connectivity index (χ1) is 14.5. The number of hydrogen-bond donors (Lipinski definition) is 0. The average molecular weight is 411 g/mol. The van der Waals surface area contributed by atoms with Crippen molar-refractivity contribution in [1.82, 2.24) is 9.91 Å². The number of carbonyl (C=O) groups is 2. The van der Waals surface area contributed by atoms with Crippen LogP contribution in [0.2, 0.25) is 0 Å². The lowest BCUT2D eigenvalue weighted by Gasteiger charge is -2.26. The molecular weight excluding hydrogens is 385 g/mol. The lowest BCUT2D eigenvalue weighted by atomic mass is 9.98. The van der Waals surface area contributed by atoms with Gasteiger partial charge in [-0.2, -0.15) is 5.10 Å². The summed E-state index contributed by atoms with van der Waals surface area (Å²) in [6.45, 7) is 2.39. The zero-order valence-electron chi connectivity index (χ0n) is 17.3. The number of benzene rings is 2. The summed E-state index contributed by atoms with van der Waals surface area (Å²) in [5.74, 6) is -0.700. The monoisotopic (exact) mass is 411 g/mol. The standard InChI is InChI=1S/C23H26FN3O3/c1-3-22(28)26(13-14-30-2)16-23(29)27-21(18-7-5-4-6-8-18)15-20(25-27)17-9-11-19(24)12-10-17/h4-12,21H,3,13-16H2,1-2H3/t21-/m1/s1. The number of rotatable bonds is 8. The minimum atomic E-state index is -0.322. The second-order valence-corrected chi connectivity index (χ2v) is 7.08. The molecule has 1 aliphatic rings. The second-order valence-electron chi connectivity index (χ2n) is 7.08. The first kappa shape index (κ1) is 21.6. The van der Waals surface area contributed by atoms with Crippen LogP contribution in [0.15, 0.2) is 59.7 Å². The van der Waals surface area contributed by atoms with Crippen molar-refractivity contribution in [1.29, 1.82) is 0 Å². The molecule has 158 valence electrons. The van der Waals surface area contributed by atoms with E-state index in [1.54, 1.807) is 26.2 Å². The Morgan fingerprint density at radius 2 is 1.87 bits per heavy atom. The van der Waals surface area contributed by atoms with Crippen molar-refractivity contribution in [2.75, 3.05) is 26.8 Å². The quantitative estimate of drug-likeness (QED) is 0.669. The molecular formula is C23H26FN3O3. The highest BCUT2D eigenvalue weighted by molar-refractivity contribution is 6.03. The molecule has 1 heterocycles. The first-order valence-corrected chi connectivity index (χ1v) is 10.0. The predicted octanol–water partition coefficient (Wildman–Crippen LogP) is 3.39. The summed E-state index contributed by atoms with van der Waals surface area (Å²) < 4.78 is 18.4. The highest BCUT2D eigenvalue weighted by Gasteiger charge is 2.34. The molecule has 0 saturated heterocycles. The van der Waals surface area contributed by atoms with Crippen molar-refractivity contribution < 1.29 is 18.7 Å². The largest absolute Gasteiger partial charge is 0.383 e. The van der Waals surface area contributed by atoms with E-state index in [2.05, 4.69) is 5.10 Å². The summed E-state index contributed by atoms with van der Waals surface area (Å²) in [7, 11) is 1.56. The van der Waals surface area contributed by atoms with Gasteiger partial charge in [0.25, 0.3) is 5.91 Å². The zero-order valence-corrected chi connectivity index (χ0v) is 17.3. The maximum absolute atomic E-state index is 13.3. The summed E-state index contributed by atoms with van der Waals surface area (Å²) in [6.07, 6.45) is 0.824. The van der Waals surface area contributed by atoms with E-state index < -0.39 is 0 Å². The van der Waals surface area contributed by atoms with Gasteiger partial charge in [-0.3, -0.25) is 9.59 Å². The van der Waals surface area contributed by atoms with Crippen LogP contribution in [0.25, 0.3) is 0 Å². The molecule has 2 amide bonds. The number of hydrazone groups is 1. The second kappa shape index (κ2) is 10.1. The van der Waals surface area contributed by atoms with E-state index in [-0.39, 0.29) is 30.2 Å². The van der Waals surface area contributed by atoms with E-state index >= 15 is 0 Å². The number of ether oxygens (including phenoxy) is 1. The minimum absolute atomic E-state index is 0.0699. The van der Waals surface area contributed by atoms with Gasteiger partial charge in [0, 0.05) is 26.5 Å². The highest BCUT2D eigenvalue weighted by atomic mass is 19.1. The number of hydrogen-bond acceptors (Lipinski definition) is 4. The fourth-order valence-corrected chi connectivity index (χ4v) is 3.44. The third-order valence-corrected chi connectivity index (χ3v) is 5.07. The number of amides is 2. The van der Waals surface area contributed by atoms with Crippen molar-refractivity contribution in [3.63, 3.8) is 0 Å². The molecule has 0 saturated carbocycles. The van der Waals surface area contributed by atoms with E-state index in [0.29, 0.717) is 31.7 Å². The fourth-order valence-electron chi connectivity index (χ4n) is 3.44. The molecule has 0 spiro atoms. The summed E-state index contributed by atoms with van der Waals surface area (Å²) >= 11 is 0. The third kappa shape index (κ3) is 5.10. The molecule has 0 aromatic heterocycles. The summed E-state index contributed by atoms with van der Waals surface area (Å²) in [5.41, 5.74) is 2.44. The molecule has 2 aromatic carbocycles. The van der Waals surface area contributed by atoms with Gasteiger partial charge in [0.2, 0.25) is 5.91 Å². The van der Waals surface area contributed by atoms with E-state index in [4.69, 9.17) is 4.74 Å². The van der Waals surface area contributed by atoms with E-state index in [1.165, 1.54) is 22.0 Å². The normalized spacial score (nSPS) is 15.8. The molecule has 0 bridgehead atoms. The first-order valence-electron chi connectivity index (χ1n) is 10.0. The van der Waals surface area contributed by atoms with Crippen LogP contribution in [-0.2, 0) is 14.3 Å². The molecule has 0 radical (unpaired) electrons. The number of halogens is 1. The Bertz CT molecular complexity index is 900. The molecule has 0 unspecified atom stereocenters. The van der Waals surface area contributed by atoms with Gasteiger partial charge in [0.15, 0.2) is 0 Å². The molecule has 2 aromatic rings. The maximum atomic E-state index is 13.3. The van der Waals surface area contributed by atoms with Crippen molar-refractivity contribution in [2.24, 2.45) is 5.10 Å². The Balaban J connectivity index is 1.87. The topological polar surface area (TPSA) is 62.2 Å². The van der Waals surface area contributed by atoms with Crippen LogP contribution >= 0.6 is 0 Å². The minimum Gasteiger partial charge on any atom is -0.383 e. The van der Waals surface area contributed by atoms with Crippen LogP contribution in [-0.4, -0.2) is 54.2 Å². The van der Waals surface area contributed by atoms with Gasteiger partial charge in [0.1, 0.15) is 12.4 Å². The van der Waals surface area contributed by atoms with Crippen LogP contribution in [0.5, 0.6) is 0 Å². The molecule has 0 N–H and O–H groups in total. The number of methoxy groups -OCH3 is 1. The smallest absolute Gasteiger partial charge is 0.262 e. The Hall–Kier alpha value is -3.06. The highest BCUT2D eigenvalue weighted by Crippen LogP contribution is 2.32. The fraction of sp³-hybridized carbons (Fsp3) is 0.348. The Kier molecular flexibility index (Phi) is 7.30. The van der Waals surface area contributed by atoms with Gasteiger partial charge in [-0.15, -0.1) is 0 Å². The van der Waals surface area contributed by atoms with Crippen molar-refractivity contribution in [2.45, 2.75) is 25.8 Å². The van der Waals surface area contributed by atoms with Crippen LogP contribution < -0.4 is 0 Å². The molecule has 0 aliphatic carbocycles. The van der Waals surface area contributed by atoms with E-state index in [1.807, 2.05) is 30.3 Å². The van der Waals surface area contributed by atoms with E-state index in [0.717, 1.165) is 11.1 Å². The van der Waals surface area contributed by atoms with Crippen LogP contribution in [0.1, 0.15) is 36.9 Å². The molecule has 3 rings (SSSR count). The lowest BCUT2D eigenvalue weighted by Crippen LogP contribution is -2.42. The Morgan fingerprint density at radius 1 is 1.17 bits per heavy atom. The van der Waals surface area contributed by atoms with E-state index in [9.17, 15) is 14.0 Å². The van der Waals surface area contributed by atoms with Gasteiger partial charge in [-0.25, -0.2) is 9.40 Å². The summed E-state index contributed by atoms with van der Waals surface area (Å²) in [5, 5.41) is 6.03. The predicted molar refractivity (Wildman–Crippen MR) is 112 cm³/mol. The molecule has 1 atom stereocenters.